The van der Waals surface area contributed by atoms with E-state index in [0.717, 1.165) is 16.4 Å². The second-order valence-corrected chi connectivity index (χ2v) is 6.58. The molecule has 0 aromatic heterocycles. The van der Waals surface area contributed by atoms with Gasteiger partial charge in [-0.2, -0.15) is 11.8 Å². The van der Waals surface area contributed by atoms with Gasteiger partial charge < -0.3 is 5.32 Å². The number of thioether (sulfide) groups is 1. The third-order valence-electron chi connectivity index (χ3n) is 3.56. The van der Waals surface area contributed by atoms with E-state index in [1.807, 2.05) is 0 Å². The summed E-state index contributed by atoms with van der Waals surface area (Å²) in [4.78, 5) is 0. The highest BCUT2D eigenvalue weighted by Crippen LogP contribution is 2.36. The first kappa shape index (κ1) is 10.8. The molecule has 0 spiro atoms. The Morgan fingerprint density at radius 3 is 2.50 bits per heavy atom. The van der Waals surface area contributed by atoms with Crippen molar-refractivity contribution in [2.24, 2.45) is 5.92 Å². The molecule has 0 amide bonds. The van der Waals surface area contributed by atoms with Gasteiger partial charge in [-0.1, -0.05) is 19.8 Å². The van der Waals surface area contributed by atoms with E-state index in [2.05, 4.69) is 24.0 Å². The molecule has 1 aliphatic carbocycles. The highest BCUT2D eigenvalue weighted by Gasteiger charge is 2.23. The lowest BCUT2D eigenvalue weighted by Gasteiger charge is -2.31. The number of hydrogen-bond donors (Lipinski definition) is 1. The summed E-state index contributed by atoms with van der Waals surface area (Å²) in [5.74, 6) is 0.989. The molecule has 2 atom stereocenters. The monoisotopic (exact) mass is 213 g/mol. The van der Waals surface area contributed by atoms with Crippen LogP contribution < -0.4 is 5.32 Å². The van der Waals surface area contributed by atoms with Crippen LogP contribution in [-0.2, 0) is 0 Å². The first-order valence-electron chi connectivity index (χ1n) is 6.21. The number of hydrogen-bond acceptors (Lipinski definition) is 2. The van der Waals surface area contributed by atoms with Gasteiger partial charge in [0.15, 0.2) is 0 Å². The van der Waals surface area contributed by atoms with Gasteiger partial charge in [0.05, 0.1) is 0 Å². The minimum atomic E-state index is 0.964. The minimum Gasteiger partial charge on any atom is -0.317 e. The van der Waals surface area contributed by atoms with Crippen LogP contribution in [-0.4, -0.2) is 23.6 Å². The van der Waals surface area contributed by atoms with Crippen LogP contribution in [0, 0.1) is 5.92 Å². The Bertz CT molecular complexity index is 166. The van der Waals surface area contributed by atoms with Crippen LogP contribution in [0.25, 0.3) is 0 Å². The van der Waals surface area contributed by atoms with Crippen LogP contribution in [0.5, 0.6) is 0 Å². The number of nitrogens with one attached hydrogen (secondary N) is 1. The molecule has 2 heteroatoms. The molecule has 1 saturated carbocycles. The summed E-state index contributed by atoms with van der Waals surface area (Å²) in [5, 5.41) is 5.40. The molecule has 2 aliphatic rings. The molecule has 0 radical (unpaired) electrons. The third-order valence-corrected chi connectivity index (χ3v) is 5.23. The predicted molar refractivity (Wildman–Crippen MR) is 64.9 cm³/mol. The molecule has 1 aliphatic heterocycles. The van der Waals surface area contributed by atoms with Crippen LogP contribution in [0.2, 0.25) is 0 Å². The highest BCUT2D eigenvalue weighted by atomic mass is 32.2. The van der Waals surface area contributed by atoms with E-state index in [9.17, 15) is 0 Å². The highest BCUT2D eigenvalue weighted by molar-refractivity contribution is 8.00. The molecule has 0 bridgehead atoms. The SMILES string of the molecule is CC1CCCC(SC2CCNCC2)C1. The summed E-state index contributed by atoms with van der Waals surface area (Å²) < 4.78 is 0. The van der Waals surface area contributed by atoms with Gasteiger partial charge in [0.2, 0.25) is 0 Å². The van der Waals surface area contributed by atoms with Crippen LogP contribution in [0.3, 0.4) is 0 Å². The molecule has 1 nitrogen and oxygen atoms in total. The van der Waals surface area contributed by atoms with E-state index < -0.39 is 0 Å². The summed E-state index contributed by atoms with van der Waals surface area (Å²) in [6.45, 7) is 4.93. The van der Waals surface area contributed by atoms with Crippen molar-refractivity contribution in [3.8, 4) is 0 Å². The molecule has 1 heterocycles. The Kier molecular flexibility index (Phi) is 4.18. The van der Waals surface area contributed by atoms with Crippen LogP contribution in [0.4, 0.5) is 0 Å². The second kappa shape index (κ2) is 5.41. The average Bonchev–Trinajstić information content (AvgIpc) is 2.19. The molecular weight excluding hydrogens is 190 g/mol. The summed E-state index contributed by atoms with van der Waals surface area (Å²) >= 11 is 2.31. The first-order valence-corrected chi connectivity index (χ1v) is 7.15. The molecule has 2 rings (SSSR count). The molecule has 2 unspecified atom stereocenters. The average molecular weight is 213 g/mol. The van der Waals surface area contributed by atoms with Gasteiger partial charge in [-0.15, -0.1) is 0 Å². The quantitative estimate of drug-likeness (QED) is 0.756. The van der Waals surface area contributed by atoms with E-state index in [4.69, 9.17) is 0 Å². The largest absolute Gasteiger partial charge is 0.317 e. The fraction of sp³-hybridized carbons (Fsp3) is 1.00. The summed E-state index contributed by atoms with van der Waals surface area (Å²) in [6.07, 6.45) is 8.71. The number of piperidine rings is 1. The van der Waals surface area contributed by atoms with Gasteiger partial charge >= 0.3 is 0 Å². The van der Waals surface area contributed by atoms with Crippen molar-refractivity contribution in [3.05, 3.63) is 0 Å². The Balaban J connectivity index is 1.72. The van der Waals surface area contributed by atoms with E-state index in [1.165, 1.54) is 51.6 Å². The first-order chi connectivity index (χ1) is 6.84. The normalized spacial score (nSPS) is 35.8. The Hall–Kier alpha value is 0.310. The smallest absolute Gasteiger partial charge is 0.00739 e. The van der Waals surface area contributed by atoms with E-state index >= 15 is 0 Å². The molecule has 1 N–H and O–H groups in total. The fourth-order valence-corrected chi connectivity index (χ4v) is 4.50. The van der Waals surface area contributed by atoms with Crippen LogP contribution in [0.1, 0.15) is 45.4 Å². The van der Waals surface area contributed by atoms with E-state index in [-0.39, 0.29) is 0 Å². The van der Waals surface area contributed by atoms with Crippen molar-refractivity contribution in [1.82, 2.24) is 5.32 Å². The summed E-state index contributed by atoms with van der Waals surface area (Å²) in [6, 6.07) is 0. The second-order valence-electron chi connectivity index (χ2n) is 4.98. The topological polar surface area (TPSA) is 12.0 Å². The molecule has 14 heavy (non-hydrogen) atoms. The Labute approximate surface area is 92.4 Å². The van der Waals surface area contributed by atoms with Gasteiger partial charge in [-0.05, 0) is 44.7 Å². The predicted octanol–water partition coefficient (Wildman–Crippen LogP) is 3.05. The molecule has 82 valence electrons. The standard InChI is InChI=1S/C12H23NS/c1-10-3-2-4-12(9-10)14-11-5-7-13-8-6-11/h10-13H,2-9H2,1H3. The lowest BCUT2D eigenvalue weighted by Crippen LogP contribution is -2.31. The summed E-state index contributed by atoms with van der Waals surface area (Å²) in [5.41, 5.74) is 0. The van der Waals surface area contributed by atoms with Crippen molar-refractivity contribution < 1.29 is 0 Å². The lowest BCUT2D eigenvalue weighted by atomic mass is 9.90. The van der Waals surface area contributed by atoms with Gasteiger partial charge in [0, 0.05) is 10.5 Å². The third kappa shape index (κ3) is 3.16. The van der Waals surface area contributed by atoms with Crippen molar-refractivity contribution >= 4 is 11.8 Å². The molecule has 0 aromatic rings. The summed E-state index contributed by atoms with van der Waals surface area (Å²) in [7, 11) is 0. The molecule has 2 fully saturated rings. The van der Waals surface area contributed by atoms with Gasteiger partial charge in [-0.25, -0.2) is 0 Å². The Morgan fingerprint density at radius 2 is 1.79 bits per heavy atom. The Morgan fingerprint density at radius 1 is 1.00 bits per heavy atom. The van der Waals surface area contributed by atoms with E-state index in [0.29, 0.717) is 0 Å². The molecule has 0 aromatic carbocycles. The van der Waals surface area contributed by atoms with Crippen molar-refractivity contribution in [2.45, 2.75) is 55.9 Å². The maximum Gasteiger partial charge on any atom is 0.00739 e. The van der Waals surface area contributed by atoms with Crippen molar-refractivity contribution in [1.29, 1.82) is 0 Å². The maximum atomic E-state index is 3.45. The van der Waals surface area contributed by atoms with Gasteiger partial charge in [-0.3, -0.25) is 0 Å². The van der Waals surface area contributed by atoms with Crippen molar-refractivity contribution in [2.75, 3.05) is 13.1 Å². The van der Waals surface area contributed by atoms with Crippen LogP contribution in [0.15, 0.2) is 0 Å². The fourth-order valence-electron chi connectivity index (χ4n) is 2.71. The zero-order valence-electron chi connectivity index (χ0n) is 9.30. The minimum absolute atomic E-state index is 0.964. The lowest BCUT2D eigenvalue weighted by molar-refractivity contribution is 0.392. The zero-order chi connectivity index (χ0) is 9.80. The van der Waals surface area contributed by atoms with Gasteiger partial charge in [0.25, 0.3) is 0 Å². The van der Waals surface area contributed by atoms with Crippen molar-refractivity contribution in [3.63, 3.8) is 0 Å². The number of rotatable bonds is 2. The van der Waals surface area contributed by atoms with Gasteiger partial charge in [0.1, 0.15) is 0 Å². The van der Waals surface area contributed by atoms with E-state index in [1.54, 1.807) is 0 Å². The maximum absolute atomic E-state index is 3.45. The molecular formula is C12H23NS. The molecule has 1 saturated heterocycles. The van der Waals surface area contributed by atoms with Crippen LogP contribution >= 0.6 is 11.8 Å². The zero-order valence-corrected chi connectivity index (χ0v) is 10.1.